The van der Waals surface area contributed by atoms with Gasteiger partial charge in [0.15, 0.2) is 0 Å². The van der Waals surface area contributed by atoms with E-state index in [4.69, 9.17) is 6.42 Å². The van der Waals surface area contributed by atoms with E-state index < -0.39 is 0 Å². The fourth-order valence-electron chi connectivity index (χ4n) is 2.30. The largest absolute Gasteiger partial charge is 0.345 e. The molecule has 0 aromatic carbocycles. The molecule has 1 unspecified atom stereocenters. The maximum Gasteiger partial charge on any atom is 0.239 e. The van der Waals surface area contributed by atoms with Crippen LogP contribution in [0.25, 0.3) is 0 Å². The van der Waals surface area contributed by atoms with Crippen LogP contribution in [0.4, 0.5) is 0 Å². The lowest BCUT2D eigenvalue weighted by atomic mass is 10.0. The molecule has 0 aromatic heterocycles. The highest BCUT2D eigenvalue weighted by Gasteiger charge is 2.23. The first-order chi connectivity index (χ1) is 8.58. The Bertz CT molecular complexity index is 303. The predicted octanol–water partition coefficient (Wildman–Crippen LogP) is 0.540. The quantitative estimate of drug-likeness (QED) is 0.725. The Hall–Kier alpha value is -1.05. The van der Waals surface area contributed by atoms with Gasteiger partial charge in [0.25, 0.3) is 0 Å². The van der Waals surface area contributed by atoms with Crippen LogP contribution in [-0.2, 0) is 4.79 Å². The van der Waals surface area contributed by atoms with Gasteiger partial charge < -0.3 is 10.2 Å². The van der Waals surface area contributed by atoms with Crippen LogP contribution in [0.2, 0.25) is 0 Å². The van der Waals surface area contributed by atoms with Gasteiger partial charge in [-0.25, -0.2) is 0 Å². The molecule has 0 saturated carbocycles. The van der Waals surface area contributed by atoms with E-state index in [0.29, 0.717) is 6.04 Å². The summed E-state index contributed by atoms with van der Waals surface area (Å²) in [5.41, 5.74) is 0. The van der Waals surface area contributed by atoms with Crippen molar-refractivity contribution in [2.45, 2.75) is 38.8 Å². The standard InChI is InChI=1S/C14H25N3O/c1-5-9-17-10-7-13(8-11-17)15-12(3)14(18)16(4)6-2/h1,12-13,15H,6-11H2,2-4H3. The second-order valence-corrected chi connectivity index (χ2v) is 5.00. The summed E-state index contributed by atoms with van der Waals surface area (Å²) >= 11 is 0. The van der Waals surface area contributed by atoms with E-state index in [1.54, 1.807) is 4.90 Å². The number of carbonyl (C=O) groups is 1. The molecule has 0 aromatic rings. The van der Waals surface area contributed by atoms with Crippen LogP contribution < -0.4 is 5.32 Å². The molecular weight excluding hydrogens is 226 g/mol. The van der Waals surface area contributed by atoms with Gasteiger partial charge in [-0.15, -0.1) is 6.42 Å². The van der Waals surface area contributed by atoms with E-state index in [2.05, 4.69) is 16.1 Å². The Morgan fingerprint density at radius 3 is 2.67 bits per heavy atom. The van der Waals surface area contributed by atoms with Gasteiger partial charge in [0.05, 0.1) is 12.6 Å². The molecule has 1 atom stereocenters. The number of amides is 1. The summed E-state index contributed by atoms with van der Waals surface area (Å²) in [5.74, 6) is 2.85. The first-order valence-corrected chi connectivity index (χ1v) is 6.75. The van der Waals surface area contributed by atoms with E-state index >= 15 is 0 Å². The Kier molecular flexibility index (Phi) is 6.17. The fraction of sp³-hybridized carbons (Fsp3) is 0.786. The van der Waals surface area contributed by atoms with Crippen LogP contribution in [0.3, 0.4) is 0 Å². The minimum atomic E-state index is -0.0980. The molecule has 0 radical (unpaired) electrons. The predicted molar refractivity (Wildman–Crippen MR) is 74.2 cm³/mol. The monoisotopic (exact) mass is 251 g/mol. The lowest BCUT2D eigenvalue weighted by Gasteiger charge is -2.33. The van der Waals surface area contributed by atoms with E-state index in [-0.39, 0.29) is 11.9 Å². The zero-order valence-corrected chi connectivity index (χ0v) is 11.8. The summed E-state index contributed by atoms with van der Waals surface area (Å²) in [6, 6.07) is 0.336. The first kappa shape index (κ1) is 15.0. The molecule has 0 aliphatic carbocycles. The maximum absolute atomic E-state index is 11.9. The molecule has 1 amide bonds. The van der Waals surface area contributed by atoms with E-state index in [1.807, 2.05) is 20.9 Å². The Morgan fingerprint density at radius 1 is 1.56 bits per heavy atom. The number of nitrogens with zero attached hydrogens (tertiary/aromatic N) is 2. The third-order valence-corrected chi connectivity index (χ3v) is 3.61. The van der Waals surface area contributed by atoms with Gasteiger partial charge in [0.1, 0.15) is 0 Å². The average molecular weight is 251 g/mol. The Morgan fingerprint density at radius 2 is 2.17 bits per heavy atom. The zero-order chi connectivity index (χ0) is 13.5. The van der Waals surface area contributed by atoms with Crippen LogP contribution >= 0.6 is 0 Å². The number of likely N-dealkylation sites (N-methyl/N-ethyl adjacent to an activating group) is 1. The molecule has 1 fully saturated rings. The van der Waals surface area contributed by atoms with Crippen LogP contribution in [0.5, 0.6) is 0 Å². The third-order valence-electron chi connectivity index (χ3n) is 3.61. The average Bonchev–Trinajstić information content (AvgIpc) is 2.39. The van der Waals surface area contributed by atoms with E-state index in [1.165, 1.54) is 0 Å². The van der Waals surface area contributed by atoms with Gasteiger partial charge in [0.2, 0.25) is 5.91 Å². The number of piperidine rings is 1. The molecule has 1 aliphatic rings. The van der Waals surface area contributed by atoms with Crippen molar-refractivity contribution in [3.8, 4) is 12.3 Å². The molecule has 1 heterocycles. The lowest BCUT2D eigenvalue weighted by molar-refractivity contribution is -0.131. The topological polar surface area (TPSA) is 35.6 Å². The fourth-order valence-corrected chi connectivity index (χ4v) is 2.30. The van der Waals surface area contributed by atoms with Gasteiger partial charge in [-0.3, -0.25) is 9.69 Å². The minimum absolute atomic E-state index is 0.0980. The maximum atomic E-state index is 11.9. The van der Waals surface area contributed by atoms with Gasteiger partial charge in [0, 0.05) is 32.7 Å². The molecule has 0 bridgehead atoms. The van der Waals surface area contributed by atoms with Crippen LogP contribution in [0.15, 0.2) is 0 Å². The number of rotatable bonds is 5. The highest BCUT2D eigenvalue weighted by Crippen LogP contribution is 2.10. The molecular formula is C14H25N3O. The third kappa shape index (κ3) is 4.32. The van der Waals surface area contributed by atoms with E-state index in [9.17, 15) is 4.79 Å². The summed E-state index contributed by atoms with van der Waals surface area (Å²) < 4.78 is 0. The summed E-state index contributed by atoms with van der Waals surface area (Å²) in [5, 5.41) is 3.43. The van der Waals surface area contributed by atoms with Gasteiger partial charge in [-0.1, -0.05) is 5.92 Å². The number of hydrogen-bond acceptors (Lipinski definition) is 3. The Balaban J connectivity index is 2.32. The summed E-state index contributed by atoms with van der Waals surface area (Å²) in [7, 11) is 1.84. The van der Waals surface area contributed by atoms with E-state index in [0.717, 1.165) is 39.0 Å². The van der Waals surface area contributed by atoms with Crippen molar-refractivity contribution in [1.82, 2.24) is 15.1 Å². The molecule has 1 N–H and O–H groups in total. The van der Waals surface area contributed by atoms with Crippen molar-refractivity contribution in [2.24, 2.45) is 0 Å². The SMILES string of the molecule is C#CCN1CCC(NC(C)C(=O)N(C)CC)CC1. The summed E-state index contributed by atoms with van der Waals surface area (Å²) in [6.45, 7) is 7.47. The second kappa shape index (κ2) is 7.40. The van der Waals surface area contributed by atoms with Gasteiger partial charge in [-0.05, 0) is 26.7 Å². The first-order valence-electron chi connectivity index (χ1n) is 6.75. The summed E-state index contributed by atoms with van der Waals surface area (Å²) in [4.78, 5) is 16.0. The number of nitrogens with one attached hydrogen (secondary N) is 1. The van der Waals surface area contributed by atoms with Crippen molar-refractivity contribution in [2.75, 3.05) is 33.2 Å². The molecule has 1 aliphatic heterocycles. The highest BCUT2D eigenvalue weighted by atomic mass is 16.2. The van der Waals surface area contributed by atoms with Crippen molar-refractivity contribution < 1.29 is 4.79 Å². The molecule has 1 rings (SSSR count). The smallest absolute Gasteiger partial charge is 0.239 e. The molecule has 102 valence electrons. The number of carbonyl (C=O) groups excluding carboxylic acids is 1. The molecule has 4 nitrogen and oxygen atoms in total. The normalized spacial score (nSPS) is 19.2. The molecule has 4 heteroatoms. The molecule has 0 spiro atoms. The van der Waals surface area contributed by atoms with Gasteiger partial charge in [-0.2, -0.15) is 0 Å². The molecule has 18 heavy (non-hydrogen) atoms. The zero-order valence-electron chi connectivity index (χ0n) is 11.8. The number of likely N-dealkylation sites (tertiary alicyclic amines) is 1. The number of hydrogen-bond donors (Lipinski definition) is 1. The second-order valence-electron chi connectivity index (χ2n) is 5.00. The Labute approximate surface area is 111 Å². The van der Waals surface area contributed by atoms with Crippen molar-refractivity contribution in [3.63, 3.8) is 0 Å². The van der Waals surface area contributed by atoms with Crippen molar-refractivity contribution in [3.05, 3.63) is 0 Å². The molecule has 1 saturated heterocycles. The highest BCUT2D eigenvalue weighted by molar-refractivity contribution is 5.81. The van der Waals surface area contributed by atoms with Crippen molar-refractivity contribution >= 4 is 5.91 Å². The van der Waals surface area contributed by atoms with Crippen molar-refractivity contribution in [1.29, 1.82) is 0 Å². The summed E-state index contributed by atoms with van der Waals surface area (Å²) in [6.07, 6.45) is 7.43. The van der Waals surface area contributed by atoms with Gasteiger partial charge >= 0.3 is 0 Å². The van der Waals surface area contributed by atoms with Crippen LogP contribution in [-0.4, -0.2) is 61.0 Å². The van der Waals surface area contributed by atoms with Crippen LogP contribution in [0.1, 0.15) is 26.7 Å². The minimum Gasteiger partial charge on any atom is -0.345 e. The lowest BCUT2D eigenvalue weighted by Crippen LogP contribution is -2.50. The van der Waals surface area contributed by atoms with Crippen LogP contribution in [0, 0.1) is 12.3 Å². The number of terminal acetylenes is 1.